The van der Waals surface area contributed by atoms with Crippen LogP contribution in [0.15, 0.2) is 17.2 Å². The summed E-state index contributed by atoms with van der Waals surface area (Å²) in [5.74, 6) is 0.283. The van der Waals surface area contributed by atoms with Crippen LogP contribution in [0.2, 0.25) is 0 Å². The highest BCUT2D eigenvalue weighted by atomic mass is 16.6. The van der Waals surface area contributed by atoms with Crippen molar-refractivity contribution in [2.75, 3.05) is 13.1 Å². The second-order valence-electron chi connectivity index (χ2n) is 6.08. The number of aromatic amines is 1. The van der Waals surface area contributed by atoms with Crippen LogP contribution in [0.4, 0.5) is 4.79 Å². The third-order valence-corrected chi connectivity index (χ3v) is 3.26. The lowest BCUT2D eigenvalue weighted by atomic mass is 9.94. The molecule has 20 heavy (non-hydrogen) atoms. The van der Waals surface area contributed by atoms with Gasteiger partial charge in [0.05, 0.1) is 11.9 Å². The lowest BCUT2D eigenvalue weighted by Crippen LogP contribution is -2.41. The second kappa shape index (κ2) is 5.64. The van der Waals surface area contributed by atoms with E-state index in [-0.39, 0.29) is 17.6 Å². The average molecular weight is 279 g/mol. The molecule has 1 aliphatic rings. The molecule has 0 spiro atoms. The number of hydrogen-bond acceptors (Lipinski definition) is 4. The first kappa shape index (κ1) is 14.6. The van der Waals surface area contributed by atoms with Gasteiger partial charge in [0.2, 0.25) is 0 Å². The van der Waals surface area contributed by atoms with Crippen LogP contribution in [0.1, 0.15) is 45.2 Å². The number of likely N-dealkylation sites (tertiary alicyclic amines) is 1. The third kappa shape index (κ3) is 3.82. The fraction of sp³-hybridized carbons (Fsp3) is 0.643. The number of ether oxygens (including phenoxy) is 1. The molecule has 1 aliphatic heterocycles. The third-order valence-electron chi connectivity index (χ3n) is 3.26. The summed E-state index contributed by atoms with van der Waals surface area (Å²) in [6, 6.07) is 0. The Morgan fingerprint density at radius 1 is 1.40 bits per heavy atom. The molecule has 0 atom stereocenters. The Morgan fingerprint density at radius 2 is 2.05 bits per heavy atom. The summed E-state index contributed by atoms with van der Waals surface area (Å²) in [5.41, 5.74) is 0.224. The molecule has 1 N–H and O–H groups in total. The maximum Gasteiger partial charge on any atom is 0.410 e. The molecule has 0 aromatic carbocycles. The molecule has 110 valence electrons. The molecular weight excluding hydrogens is 258 g/mol. The van der Waals surface area contributed by atoms with E-state index in [1.807, 2.05) is 20.8 Å². The molecular formula is C14H21N3O3. The van der Waals surface area contributed by atoms with Crippen LogP contribution in [0.5, 0.6) is 0 Å². The summed E-state index contributed by atoms with van der Waals surface area (Å²) in [5, 5.41) is 0. The van der Waals surface area contributed by atoms with Gasteiger partial charge in [0.15, 0.2) is 0 Å². The van der Waals surface area contributed by atoms with E-state index in [2.05, 4.69) is 9.97 Å². The van der Waals surface area contributed by atoms with E-state index in [0.29, 0.717) is 13.1 Å². The normalized spacial score (nSPS) is 17.1. The van der Waals surface area contributed by atoms with Gasteiger partial charge in [0.25, 0.3) is 5.56 Å². The Labute approximate surface area is 118 Å². The van der Waals surface area contributed by atoms with Gasteiger partial charge >= 0.3 is 6.09 Å². The number of piperidine rings is 1. The summed E-state index contributed by atoms with van der Waals surface area (Å²) in [7, 11) is 0. The summed E-state index contributed by atoms with van der Waals surface area (Å²) in [4.78, 5) is 31.5. The fourth-order valence-electron chi connectivity index (χ4n) is 2.26. The smallest absolute Gasteiger partial charge is 0.410 e. The Kier molecular flexibility index (Phi) is 4.11. The molecule has 6 nitrogen and oxygen atoms in total. The van der Waals surface area contributed by atoms with Crippen LogP contribution < -0.4 is 5.56 Å². The number of aromatic nitrogens is 2. The number of rotatable bonds is 1. The first-order valence-electron chi connectivity index (χ1n) is 6.88. The van der Waals surface area contributed by atoms with E-state index in [9.17, 15) is 9.59 Å². The summed E-state index contributed by atoms with van der Waals surface area (Å²) in [6.45, 7) is 6.90. The van der Waals surface area contributed by atoms with Gasteiger partial charge in [0, 0.05) is 25.2 Å². The van der Waals surface area contributed by atoms with Crippen molar-refractivity contribution in [2.24, 2.45) is 0 Å². The predicted octanol–water partition coefficient (Wildman–Crippen LogP) is 1.88. The van der Waals surface area contributed by atoms with Gasteiger partial charge in [-0.2, -0.15) is 0 Å². The van der Waals surface area contributed by atoms with Crippen molar-refractivity contribution in [3.63, 3.8) is 0 Å². The second-order valence-corrected chi connectivity index (χ2v) is 6.08. The fourth-order valence-corrected chi connectivity index (χ4v) is 2.26. The average Bonchev–Trinajstić information content (AvgIpc) is 2.38. The molecule has 1 saturated heterocycles. The minimum Gasteiger partial charge on any atom is -0.444 e. The van der Waals surface area contributed by atoms with Crippen molar-refractivity contribution < 1.29 is 9.53 Å². The van der Waals surface area contributed by atoms with Crippen LogP contribution in [-0.2, 0) is 4.74 Å². The number of nitrogens with one attached hydrogen (secondary N) is 1. The zero-order valence-electron chi connectivity index (χ0n) is 12.2. The van der Waals surface area contributed by atoms with Crippen molar-refractivity contribution in [2.45, 2.75) is 45.1 Å². The van der Waals surface area contributed by atoms with Crippen molar-refractivity contribution in [1.29, 1.82) is 0 Å². The van der Waals surface area contributed by atoms with Crippen LogP contribution >= 0.6 is 0 Å². The van der Waals surface area contributed by atoms with E-state index < -0.39 is 5.60 Å². The van der Waals surface area contributed by atoms with Gasteiger partial charge in [-0.25, -0.2) is 4.79 Å². The topological polar surface area (TPSA) is 75.3 Å². The highest BCUT2D eigenvalue weighted by Crippen LogP contribution is 2.26. The molecule has 0 unspecified atom stereocenters. The molecule has 2 heterocycles. The van der Waals surface area contributed by atoms with E-state index in [1.165, 1.54) is 6.20 Å². The predicted molar refractivity (Wildman–Crippen MR) is 74.6 cm³/mol. The maximum absolute atomic E-state index is 11.9. The number of hydrogen-bond donors (Lipinski definition) is 1. The van der Waals surface area contributed by atoms with E-state index in [1.54, 1.807) is 11.1 Å². The highest BCUT2D eigenvalue weighted by Gasteiger charge is 2.27. The first-order chi connectivity index (χ1) is 9.35. The zero-order valence-corrected chi connectivity index (χ0v) is 12.2. The molecule has 0 bridgehead atoms. The van der Waals surface area contributed by atoms with Crippen LogP contribution in [-0.4, -0.2) is 39.7 Å². The summed E-state index contributed by atoms with van der Waals surface area (Å²) in [6.07, 6.45) is 4.37. The number of carbonyl (C=O) groups is 1. The number of carbonyl (C=O) groups excluding carboxylic acids is 1. The lowest BCUT2D eigenvalue weighted by molar-refractivity contribution is 0.0204. The van der Waals surface area contributed by atoms with Gasteiger partial charge in [-0.15, -0.1) is 0 Å². The lowest BCUT2D eigenvalue weighted by Gasteiger charge is -2.33. The van der Waals surface area contributed by atoms with Crippen LogP contribution in [0, 0.1) is 0 Å². The zero-order chi connectivity index (χ0) is 14.8. The van der Waals surface area contributed by atoms with Crippen LogP contribution in [0.3, 0.4) is 0 Å². The SMILES string of the molecule is CC(C)(C)OC(=O)N1CCC(c2c[nH]c(=O)cn2)CC1. The minimum absolute atomic E-state index is 0.194. The Balaban J connectivity index is 1.90. The molecule has 1 amide bonds. The van der Waals surface area contributed by atoms with Gasteiger partial charge in [-0.05, 0) is 33.6 Å². The number of amides is 1. The van der Waals surface area contributed by atoms with Crippen molar-refractivity contribution in [3.8, 4) is 0 Å². The van der Waals surface area contributed by atoms with Crippen molar-refractivity contribution in [3.05, 3.63) is 28.4 Å². The Morgan fingerprint density at radius 3 is 2.55 bits per heavy atom. The molecule has 1 aromatic rings. The highest BCUT2D eigenvalue weighted by molar-refractivity contribution is 5.68. The summed E-state index contributed by atoms with van der Waals surface area (Å²) < 4.78 is 5.36. The monoisotopic (exact) mass is 279 g/mol. The Bertz CT molecular complexity index is 505. The Hall–Kier alpha value is -1.85. The van der Waals surface area contributed by atoms with Gasteiger partial charge in [-0.3, -0.25) is 9.78 Å². The molecule has 1 fully saturated rings. The number of nitrogens with zero attached hydrogens (tertiary/aromatic N) is 2. The largest absolute Gasteiger partial charge is 0.444 e. The minimum atomic E-state index is -0.464. The molecule has 1 aromatic heterocycles. The van der Waals surface area contributed by atoms with E-state index in [4.69, 9.17) is 4.74 Å². The molecule has 2 rings (SSSR count). The molecule has 6 heteroatoms. The summed E-state index contributed by atoms with van der Waals surface area (Å²) >= 11 is 0. The standard InChI is InChI=1S/C14H21N3O3/c1-14(2,3)20-13(19)17-6-4-10(5-7-17)11-8-16-12(18)9-15-11/h8-10H,4-7H2,1-3H3,(H,16,18). The van der Waals surface area contributed by atoms with Crippen molar-refractivity contribution in [1.82, 2.24) is 14.9 Å². The van der Waals surface area contributed by atoms with Crippen LogP contribution in [0.25, 0.3) is 0 Å². The van der Waals surface area contributed by atoms with Gasteiger partial charge in [-0.1, -0.05) is 0 Å². The first-order valence-corrected chi connectivity index (χ1v) is 6.88. The number of H-pyrrole nitrogens is 1. The van der Waals surface area contributed by atoms with Gasteiger partial charge < -0.3 is 14.6 Å². The van der Waals surface area contributed by atoms with E-state index in [0.717, 1.165) is 18.5 Å². The maximum atomic E-state index is 11.9. The van der Waals surface area contributed by atoms with Crippen molar-refractivity contribution >= 4 is 6.09 Å². The molecule has 0 radical (unpaired) electrons. The quantitative estimate of drug-likeness (QED) is 0.851. The van der Waals surface area contributed by atoms with Gasteiger partial charge in [0.1, 0.15) is 5.60 Å². The van der Waals surface area contributed by atoms with E-state index >= 15 is 0 Å². The molecule has 0 saturated carbocycles. The molecule has 0 aliphatic carbocycles.